The molecule has 7 heteroatoms. The molecule has 0 spiro atoms. The molecule has 0 saturated heterocycles. The molecular formula is C17H15FN4O2. The number of rotatable bonds is 4. The highest BCUT2D eigenvalue weighted by molar-refractivity contribution is 5.92. The molecule has 24 heavy (non-hydrogen) atoms. The van der Waals surface area contributed by atoms with E-state index in [4.69, 9.17) is 0 Å². The van der Waals surface area contributed by atoms with Crippen molar-refractivity contribution in [2.75, 3.05) is 0 Å². The molecule has 122 valence electrons. The Morgan fingerprint density at radius 2 is 2.04 bits per heavy atom. The van der Waals surface area contributed by atoms with Gasteiger partial charge in [0.05, 0.1) is 17.9 Å². The van der Waals surface area contributed by atoms with Crippen LogP contribution in [0.15, 0.2) is 53.5 Å². The first-order chi connectivity index (χ1) is 11.5. The van der Waals surface area contributed by atoms with Crippen LogP contribution in [0, 0.1) is 12.7 Å². The van der Waals surface area contributed by atoms with Crippen LogP contribution in [0.4, 0.5) is 4.39 Å². The fraction of sp³-hybridized carbons (Fsp3) is 0.118. The molecule has 3 aromatic rings. The highest BCUT2D eigenvalue weighted by Crippen LogP contribution is 2.07. The second-order valence-corrected chi connectivity index (χ2v) is 5.29. The summed E-state index contributed by atoms with van der Waals surface area (Å²) in [5.74, 6) is -1.01. The molecule has 0 aliphatic heterocycles. The van der Waals surface area contributed by atoms with E-state index in [1.165, 1.54) is 29.1 Å². The summed E-state index contributed by atoms with van der Waals surface area (Å²) in [7, 11) is 0. The average molecular weight is 326 g/mol. The topological polar surface area (TPSA) is 79.8 Å². The number of pyridine rings is 1. The molecule has 0 aliphatic carbocycles. The summed E-state index contributed by atoms with van der Waals surface area (Å²) in [6.07, 6.45) is 1.44. The summed E-state index contributed by atoms with van der Waals surface area (Å²) < 4.78 is 14.8. The van der Waals surface area contributed by atoms with Gasteiger partial charge >= 0.3 is 0 Å². The molecule has 2 aromatic heterocycles. The van der Waals surface area contributed by atoms with E-state index in [1.807, 2.05) is 19.1 Å². The number of hydrogen-bond donors (Lipinski definition) is 2. The van der Waals surface area contributed by atoms with Gasteiger partial charge < -0.3 is 5.32 Å². The van der Waals surface area contributed by atoms with Gasteiger partial charge in [-0.1, -0.05) is 17.7 Å². The number of amides is 1. The van der Waals surface area contributed by atoms with Gasteiger partial charge in [-0.05, 0) is 31.2 Å². The van der Waals surface area contributed by atoms with Crippen molar-refractivity contribution in [3.63, 3.8) is 0 Å². The quantitative estimate of drug-likeness (QED) is 0.769. The molecular weight excluding hydrogens is 311 g/mol. The van der Waals surface area contributed by atoms with Crippen LogP contribution in [0.25, 0.3) is 5.69 Å². The maximum Gasteiger partial charge on any atom is 0.271 e. The lowest BCUT2D eigenvalue weighted by molar-refractivity contribution is 0.0944. The van der Waals surface area contributed by atoms with Gasteiger partial charge in [0.2, 0.25) is 0 Å². The van der Waals surface area contributed by atoms with Crippen LogP contribution in [-0.2, 0) is 6.54 Å². The van der Waals surface area contributed by atoms with Crippen LogP contribution in [0.2, 0.25) is 0 Å². The molecule has 0 bridgehead atoms. The number of carbonyl (C=O) groups excluding carboxylic acids is 1. The van der Waals surface area contributed by atoms with E-state index in [9.17, 15) is 14.0 Å². The second-order valence-electron chi connectivity index (χ2n) is 5.29. The van der Waals surface area contributed by atoms with Crippen LogP contribution in [0.3, 0.4) is 0 Å². The molecule has 6 nitrogen and oxygen atoms in total. The van der Waals surface area contributed by atoms with Gasteiger partial charge in [0.25, 0.3) is 11.5 Å². The van der Waals surface area contributed by atoms with Gasteiger partial charge in [-0.2, -0.15) is 0 Å². The molecule has 3 rings (SSSR count). The number of benzene rings is 1. The number of carbonyl (C=O) groups is 1. The van der Waals surface area contributed by atoms with Crippen molar-refractivity contribution in [1.82, 2.24) is 20.1 Å². The zero-order chi connectivity index (χ0) is 17.1. The van der Waals surface area contributed by atoms with Crippen LogP contribution in [0.1, 0.15) is 21.7 Å². The number of aromatic amines is 1. The first-order valence-corrected chi connectivity index (χ1v) is 7.31. The summed E-state index contributed by atoms with van der Waals surface area (Å²) in [6, 6.07) is 11.2. The summed E-state index contributed by atoms with van der Waals surface area (Å²) in [5, 5.41) is 5.28. The molecule has 2 heterocycles. The number of H-pyrrole nitrogens is 1. The van der Waals surface area contributed by atoms with Gasteiger partial charge in [0.1, 0.15) is 11.5 Å². The van der Waals surface area contributed by atoms with Crippen molar-refractivity contribution >= 4 is 5.91 Å². The zero-order valence-corrected chi connectivity index (χ0v) is 12.9. The standard InChI is InChI=1S/C17H15FN4O2/c1-11-4-6-12(7-5-11)22-16(23)9-14(21-22)17(24)20-10-15-13(18)3-2-8-19-15/h2-9,21H,10H2,1H3,(H,20,24). The lowest BCUT2D eigenvalue weighted by Crippen LogP contribution is -2.24. The highest BCUT2D eigenvalue weighted by Gasteiger charge is 2.13. The Morgan fingerprint density at radius 3 is 2.75 bits per heavy atom. The lowest BCUT2D eigenvalue weighted by atomic mass is 10.2. The predicted molar refractivity (Wildman–Crippen MR) is 86.5 cm³/mol. The SMILES string of the molecule is Cc1ccc(-n2[nH]c(C(=O)NCc3ncccc3F)cc2=O)cc1. The summed E-state index contributed by atoms with van der Waals surface area (Å²) in [5.41, 5.74) is 1.56. The minimum atomic E-state index is -0.511. The Morgan fingerprint density at radius 1 is 1.29 bits per heavy atom. The van der Waals surface area contributed by atoms with Crippen molar-refractivity contribution < 1.29 is 9.18 Å². The number of nitrogens with one attached hydrogen (secondary N) is 2. The molecule has 2 N–H and O–H groups in total. The van der Waals surface area contributed by atoms with Crippen molar-refractivity contribution in [2.24, 2.45) is 0 Å². The van der Waals surface area contributed by atoms with Gasteiger partial charge in [0.15, 0.2) is 0 Å². The van der Waals surface area contributed by atoms with E-state index in [-0.39, 0.29) is 23.5 Å². The first kappa shape index (κ1) is 15.7. The molecule has 0 unspecified atom stereocenters. The largest absolute Gasteiger partial charge is 0.345 e. The highest BCUT2D eigenvalue weighted by atomic mass is 19.1. The Kier molecular flexibility index (Phi) is 4.24. The first-order valence-electron chi connectivity index (χ1n) is 7.31. The maximum atomic E-state index is 13.5. The van der Waals surface area contributed by atoms with E-state index in [0.29, 0.717) is 5.69 Å². The fourth-order valence-electron chi connectivity index (χ4n) is 2.21. The van der Waals surface area contributed by atoms with E-state index >= 15 is 0 Å². The molecule has 0 radical (unpaired) electrons. The average Bonchev–Trinajstić information content (AvgIpc) is 2.96. The van der Waals surface area contributed by atoms with Crippen LogP contribution in [-0.4, -0.2) is 20.7 Å². The fourth-order valence-corrected chi connectivity index (χ4v) is 2.21. The number of aryl methyl sites for hydroxylation is 1. The van der Waals surface area contributed by atoms with Crippen molar-refractivity contribution in [3.8, 4) is 5.69 Å². The normalized spacial score (nSPS) is 10.6. The van der Waals surface area contributed by atoms with E-state index in [2.05, 4.69) is 15.4 Å². The number of aromatic nitrogens is 3. The van der Waals surface area contributed by atoms with Crippen molar-refractivity contribution in [3.05, 3.63) is 81.8 Å². The molecule has 0 atom stereocenters. The lowest BCUT2D eigenvalue weighted by Gasteiger charge is -2.05. The zero-order valence-electron chi connectivity index (χ0n) is 12.9. The molecule has 0 saturated carbocycles. The Labute approximate surface area is 137 Å². The third-order valence-electron chi connectivity index (χ3n) is 3.51. The van der Waals surface area contributed by atoms with E-state index in [1.54, 1.807) is 12.1 Å². The molecule has 0 aliphatic rings. The minimum Gasteiger partial charge on any atom is -0.345 e. The van der Waals surface area contributed by atoms with Crippen molar-refractivity contribution in [1.29, 1.82) is 0 Å². The monoisotopic (exact) mass is 326 g/mol. The summed E-state index contributed by atoms with van der Waals surface area (Å²) in [4.78, 5) is 28.0. The van der Waals surface area contributed by atoms with Crippen molar-refractivity contribution in [2.45, 2.75) is 13.5 Å². The molecule has 0 fully saturated rings. The van der Waals surface area contributed by atoms with Gasteiger partial charge in [-0.3, -0.25) is 19.7 Å². The number of hydrogen-bond acceptors (Lipinski definition) is 3. The van der Waals surface area contributed by atoms with Gasteiger partial charge in [0, 0.05) is 12.3 Å². The Balaban J connectivity index is 1.77. The summed E-state index contributed by atoms with van der Waals surface area (Å²) >= 11 is 0. The predicted octanol–water partition coefficient (Wildman–Crippen LogP) is 1.94. The van der Waals surface area contributed by atoms with Gasteiger partial charge in [-0.15, -0.1) is 0 Å². The maximum absolute atomic E-state index is 13.5. The Bertz CT molecular complexity index is 928. The van der Waals surface area contributed by atoms with E-state index < -0.39 is 11.7 Å². The third-order valence-corrected chi connectivity index (χ3v) is 3.51. The molecule has 1 aromatic carbocycles. The number of halogens is 1. The number of nitrogens with zero attached hydrogens (tertiary/aromatic N) is 2. The van der Waals surface area contributed by atoms with Gasteiger partial charge in [-0.25, -0.2) is 9.07 Å². The second kappa shape index (κ2) is 6.49. The third kappa shape index (κ3) is 3.24. The van der Waals surface area contributed by atoms with Crippen LogP contribution in [0.5, 0.6) is 0 Å². The summed E-state index contributed by atoms with van der Waals surface area (Å²) in [6.45, 7) is 1.88. The molecule has 1 amide bonds. The van der Waals surface area contributed by atoms with Crippen LogP contribution >= 0.6 is 0 Å². The Hall–Kier alpha value is -3.22. The minimum absolute atomic E-state index is 0.0662. The smallest absolute Gasteiger partial charge is 0.271 e. The van der Waals surface area contributed by atoms with E-state index in [0.717, 1.165) is 5.56 Å². The van der Waals surface area contributed by atoms with Crippen LogP contribution < -0.4 is 10.9 Å².